The number of amides is 1. The van der Waals surface area contributed by atoms with Gasteiger partial charge in [0.1, 0.15) is 0 Å². The summed E-state index contributed by atoms with van der Waals surface area (Å²) >= 11 is 13.4. The highest BCUT2D eigenvalue weighted by molar-refractivity contribution is 7.80. The maximum absolute atomic E-state index is 12.7. The fourth-order valence-electron chi connectivity index (χ4n) is 3.75. The van der Waals surface area contributed by atoms with Crippen molar-refractivity contribution in [1.29, 1.82) is 0 Å². The summed E-state index contributed by atoms with van der Waals surface area (Å²) in [6, 6.07) is 15.6. The Labute approximate surface area is 196 Å². The number of aromatic nitrogens is 1. The summed E-state index contributed by atoms with van der Waals surface area (Å²) < 4.78 is 0.722. The first-order chi connectivity index (χ1) is 14.9. The molecule has 3 aromatic rings. The Bertz CT molecular complexity index is 1100. The number of benzene rings is 1. The number of carbonyl (C=O) groups is 1. The van der Waals surface area contributed by atoms with E-state index in [0.717, 1.165) is 31.7 Å². The lowest BCUT2D eigenvalue weighted by Gasteiger charge is -2.26. The minimum Gasteiger partial charge on any atom is -0.352 e. The Kier molecular flexibility index (Phi) is 6.55. The number of anilines is 1. The van der Waals surface area contributed by atoms with Gasteiger partial charge in [0.2, 0.25) is 5.91 Å². The van der Waals surface area contributed by atoms with Gasteiger partial charge in [0.25, 0.3) is 0 Å². The first-order valence-corrected chi connectivity index (χ1v) is 11.6. The van der Waals surface area contributed by atoms with Gasteiger partial charge in [-0.25, -0.2) is 0 Å². The van der Waals surface area contributed by atoms with Crippen molar-refractivity contribution < 1.29 is 4.79 Å². The van der Waals surface area contributed by atoms with Crippen LogP contribution in [0.15, 0.2) is 54.7 Å². The van der Waals surface area contributed by atoms with Crippen molar-refractivity contribution in [2.45, 2.75) is 32.4 Å². The third-order valence-electron chi connectivity index (χ3n) is 5.33. The fraction of sp³-hybridized carbons (Fsp3) is 0.261. The summed E-state index contributed by atoms with van der Waals surface area (Å²) in [4.78, 5) is 20.4. The van der Waals surface area contributed by atoms with Crippen LogP contribution in [0.25, 0.3) is 0 Å². The molecule has 2 atom stereocenters. The van der Waals surface area contributed by atoms with Crippen LogP contribution in [0, 0.1) is 13.8 Å². The molecule has 0 unspecified atom stereocenters. The van der Waals surface area contributed by atoms with Crippen molar-refractivity contribution in [3.05, 3.63) is 80.8 Å². The topological polar surface area (TPSA) is 57.3 Å². The molecule has 4 rings (SSSR count). The van der Waals surface area contributed by atoms with Gasteiger partial charge < -0.3 is 15.5 Å². The molecule has 1 amide bonds. The van der Waals surface area contributed by atoms with Crippen LogP contribution in [0.4, 0.5) is 5.69 Å². The SMILES string of the molecule is Cc1ccc(C)c(NC(=O)CCN2C(=S)N[C@H](c3ccccn3)[C@H]2c2ccc(Cl)s2)c1. The molecule has 8 heteroatoms. The molecule has 3 heterocycles. The van der Waals surface area contributed by atoms with Crippen molar-refractivity contribution in [1.82, 2.24) is 15.2 Å². The number of nitrogens with one attached hydrogen (secondary N) is 2. The molecule has 2 aromatic heterocycles. The Morgan fingerprint density at radius 2 is 2.10 bits per heavy atom. The molecule has 5 nitrogen and oxygen atoms in total. The molecule has 31 heavy (non-hydrogen) atoms. The lowest BCUT2D eigenvalue weighted by molar-refractivity contribution is -0.116. The van der Waals surface area contributed by atoms with E-state index < -0.39 is 0 Å². The van der Waals surface area contributed by atoms with Gasteiger partial charge >= 0.3 is 0 Å². The average molecular weight is 471 g/mol. The van der Waals surface area contributed by atoms with Crippen LogP contribution in [0.2, 0.25) is 4.34 Å². The number of hydrogen-bond donors (Lipinski definition) is 2. The Hall–Kier alpha value is -2.48. The summed E-state index contributed by atoms with van der Waals surface area (Å²) in [7, 11) is 0. The highest BCUT2D eigenvalue weighted by Gasteiger charge is 2.40. The quantitative estimate of drug-likeness (QED) is 0.471. The van der Waals surface area contributed by atoms with E-state index in [1.54, 1.807) is 6.20 Å². The fourth-order valence-corrected chi connectivity index (χ4v) is 5.29. The Balaban J connectivity index is 1.52. The number of thiophene rings is 1. The van der Waals surface area contributed by atoms with Crippen molar-refractivity contribution in [3.63, 3.8) is 0 Å². The van der Waals surface area contributed by atoms with Crippen LogP contribution in [0.5, 0.6) is 0 Å². The minimum absolute atomic E-state index is 0.0410. The van der Waals surface area contributed by atoms with Crippen molar-refractivity contribution in [2.75, 3.05) is 11.9 Å². The lowest BCUT2D eigenvalue weighted by atomic mass is 10.0. The maximum atomic E-state index is 12.7. The molecule has 2 N–H and O–H groups in total. The second-order valence-electron chi connectivity index (χ2n) is 7.58. The second kappa shape index (κ2) is 9.34. The molecule has 0 bridgehead atoms. The molecule has 1 saturated heterocycles. The summed E-state index contributed by atoms with van der Waals surface area (Å²) in [6.45, 7) is 4.49. The van der Waals surface area contributed by atoms with Crippen LogP contribution in [-0.4, -0.2) is 27.4 Å². The normalized spacial score (nSPS) is 18.2. The average Bonchev–Trinajstić information content (AvgIpc) is 3.32. The van der Waals surface area contributed by atoms with E-state index in [4.69, 9.17) is 23.8 Å². The molecule has 1 fully saturated rings. The molecular weight excluding hydrogens is 448 g/mol. The highest BCUT2D eigenvalue weighted by atomic mass is 35.5. The van der Waals surface area contributed by atoms with Gasteiger partial charge in [-0.05, 0) is 67.5 Å². The molecule has 160 valence electrons. The number of rotatable bonds is 6. The Morgan fingerprint density at radius 1 is 1.26 bits per heavy atom. The smallest absolute Gasteiger partial charge is 0.226 e. The molecule has 1 aromatic carbocycles. The van der Waals surface area contributed by atoms with E-state index >= 15 is 0 Å². The number of pyridine rings is 1. The molecule has 1 aliphatic rings. The summed E-state index contributed by atoms with van der Waals surface area (Å²) in [6.07, 6.45) is 2.10. The van der Waals surface area contributed by atoms with Gasteiger partial charge in [-0.1, -0.05) is 29.8 Å². The van der Waals surface area contributed by atoms with E-state index in [-0.39, 0.29) is 18.0 Å². The zero-order valence-corrected chi connectivity index (χ0v) is 19.7. The van der Waals surface area contributed by atoms with Gasteiger partial charge in [-0.15, -0.1) is 11.3 Å². The minimum atomic E-state index is -0.106. The van der Waals surface area contributed by atoms with E-state index in [1.807, 2.05) is 62.4 Å². The third kappa shape index (κ3) is 4.89. The van der Waals surface area contributed by atoms with Crippen LogP contribution < -0.4 is 10.6 Å². The van der Waals surface area contributed by atoms with Crippen LogP contribution in [0.3, 0.4) is 0 Å². The monoisotopic (exact) mass is 470 g/mol. The number of aryl methyl sites for hydroxylation is 2. The van der Waals surface area contributed by atoms with Gasteiger partial charge in [-0.2, -0.15) is 0 Å². The molecular formula is C23H23ClN4OS2. The maximum Gasteiger partial charge on any atom is 0.226 e. The van der Waals surface area contributed by atoms with Crippen LogP contribution >= 0.6 is 35.2 Å². The van der Waals surface area contributed by atoms with Crippen molar-refractivity contribution in [2.24, 2.45) is 0 Å². The number of carbonyl (C=O) groups excluding carboxylic acids is 1. The summed E-state index contributed by atoms with van der Waals surface area (Å²) in [5.41, 5.74) is 3.90. The second-order valence-corrected chi connectivity index (χ2v) is 9.71. The van der Waals surface area contributed by atoms with E-state index in [0.29, 0.717) is 18.1 Å². The van der Waals surface area contributed by atoms with Crippen molar-refractivity contribution >= 4 is 51.9 Å². The third-order valence-corrected chi connectivity index (χ3v) is 6.98. The van der Waals surface area contributed by atoms with Gasteiger partial charge in [0.15, 0.2) is 5.11 Å². The highest BCUT2D eigenvalue weighted by Crippen LogP contribution is 2.42. The molecule has 1 aliphatic heterocycles. The summed E-state index contributed by atoms with van der Waals surface area (Å²) in [5.74, 6) is -0.0410. The summed E-state index contributed by atoms with van der Waals surface area (Å²) in [5, 5.41) is 7.04. The predicted molar refractivity (Wildman–Crippen MR) is 131 cm³/mol. The largest absolute Gasteiger partial charge is 0.352 e. The number of halogens is 1. The van der Waals surface area contributed by atoms with Crippen molar-refractivity contribution in [3.8, 4) is 0 Å². The molecule has 0 aliphatic carbocycles. The zero-order valence-electron chi connectivity index (χ0n) is 17.3. The van der Waals surface area contributed by atoms with Gasteiger partial charge in [-0.3, -0.25) is 9.78 Å². The van der Waals surface area contributed by atoms with Gasteiger partial charge in [0.05, 0.1) is 22.1 Å². The van der Waals surface area contributed by atoms with E-state index in [9.17, 15) is 4.79 Å². The first-order valence-electron chi connectivity index (χ1n) is 10.0. The molecule has 0 radical (unpaired) electrons. The Morgan fingerprint density at radius 3 is 2.81 bits per heavy atom. The standard InChI is InChI=1S/C23H23ClN4OS2/c1-14-6-7-15(2)17(13-14)26-20(29)10-12-28-22(18-8-9-19(24)31-18)21(27-23(28)30)16-5-3-4-11-25-16/h3-9,11,13,21-22H,10,12H2,1-2H3,(H,26,29)(H,27,30)/t21-,22-/m1/s1. The number of nitrogens with zero attached hydrogens (tertiary/aromatic N) is 2. The predicted octanol–water partition coefficient (Wildman–Crippen LogP) is 5.41. The number of thiocarbonyl (C=S) groups is 1. The van der Waals surface area contributed by atoms with Crippen LogP contribution in [-0.2, 0) is 4.79 Å². The van der Waals surface area contributed by atoms with E-state index in [1.165, 1.54) is 11.3 Å². The zero-order chi connectivity index (χ0) is 22.0. The van der Waals surface area contributed by atoms with Crippen LogP contribution in [0.1, 0.15) is 40.2 Å². The molecule has 0 saturated carbocycles. The van der Waals surface area contributed by atoms with E-state index in [2.05, 4.69) is 20.5 Å². The van der Waals surface area contributed by atoms with Gasteiger partial charge in [0, 0.05) is 29.7 Å². The molecule has 0 spiro atoms. The number of hydrogen-bond acceptors (Lipinski definition) is 4. The first kappa shape index (κ1) is 21.7. The lowest BCUT2D eigenvalue weighted by Crippen LogP contribution is -2.32.